The van der Waals surface area contributed by atoms with Crippen molar-refractivity contribution in [1.82, 2.24) is 4.90 Å². The molecular weight excluding hydrogens is 556 g/mol. The van der Waals surface area contributed by atoms with Crippen molar-refractivity contribution in [3.63, 3.8) is 0 Å². The van der Waals surface area contributed by atoms with E-state index >= 15 is 0 Å². The fraction of sp³-hybridized carbons (Fsp3) is 0.179. The van der Waals surface area contributed by atoms with Crippen molar-refractivity contribution < 1.29 is 23.8 Å². The molecule has 1 saturated heterocycles. The first-order valence-corrected chi connectivity index (χ1v) is 12.9. The van der Waals surface area contributed by atoms with E-state index < -0.39 is 5.97 Å². The number of carbonyl (C=O) groups excluding carboxylic acids is 2. The summed E-state index contributed by atoms with van der Waals surface area (Å²) < 4.78 is 17.1. The summed E-state index contributed by atoms with van der Waals surface area (Å²) in [5.41, 5.74) is 4.07. The highest BCUT2D eigenvalue weighted by atomic mass is 79.9. The zero-order valence-corrected chi connectivity index (χ0v) is 23.2. The molecule has 37 heavy (non-hydrogen) atoms. The van der Waals surface area contributed by atoms with Crippen LogP contribution in [0, 0.1) is 6.92 Å². The first-order chi connectivity index (χ1) is 17.8. The number of likely N-dealkylation sites (N-methyl/N-ethyl adjacent to an activating group) is 1. The molecule has 0 N–H and O–H groups in total. The zero-order valence-electron chi connectivity index (χ0n) is 20.8. The van der Waals surface area contributed by atoms with Gasteiger partial charge in [0.2, 0.25) is 0 Å². The van der Waals surface area contributed by atoms with E-state index in [0.29, 0.717) is 43.9 Å². The van der Waals surface area contributed by atoms with Crippen molar-refractivity contribution in [2.24, 2.45) is 4.99 Å². The van der Waals surface area contributed by atoms with Crippen molar-refractivity contribution in [2.75, 3.05) is 21.3 Å². The lowest BCUT2D eigenvalue weighted by atomic mass is 10.1. The predicted molar refractivity (Wildman–Crippen MR) is 149 cm³/mol. The number of halogens is 1. The van der Waals surface area contributed by atoms with Gasteiger partial charge in [-0.15, -0.1) is 0 Å². The first-order valence-electron chi connectivity index (χ1n) is 11.3. The normalized spacial score (nSPS) is 15.4. The Morgan fingerprint density at radius 3 is 2.43 bits per heavy atom. The van der Waals surface area contributed by atoms with Crippen LogP contribution in [0.5, 0.6) is 11.5 Å². The lowest BCUT2D eigenvalue weighted by molar-refractivity contribution is -0.121. The van der Waals surface area contributed by atoms with Crippen LogP contribution in [0.25, 0.3) is 6.08 Å². The fourth-order valence-corrected chi connectivity index (χ4v) is 5.07. The van der Waals surface area contributed by atoms with Crippen LogP contribution in [0.15, 0.2) is 75.0 Å². The van der Waals surface area contributed by atoms with E-state index in [1.807, 2.05) is 43.3 Å². The Kier molecular flexibility index (Phi) is 8.35. The van der Waals surface area contributed by atoms with Crippen molar-refractivity contribution in [3.05, 3.63) is 92.3 Å². The summed E-state index contributed by atoms with van der Waals surface area (Å²) in [4.78, 5) is 31.1. The van der Waals surface area contributed by atoms with E-state index in [1.165, 1.54) is 29.3 Å². The number of hydrogen-bond donors (Lipinski definition) is 0. The number of aryl methyl sites for hydroxylation is 1. The van der Waals surface area contributed by atoms with E-state index in [2.05, 4.69) is 20.9 Å². The Labute approximate surface area is 228 Å². The summed E-state index contributed by atoms with van der Waals surface area (Å²) in [7, 11) is 4.59. The summed E-state index contributed by atoms with van der Waals surface area (Å²) in [6, 6.07) is 18.5. The highest BCUT2D eigenvalue weighted by molar-refractivity contribution is 9.10. The first kappa shape index (κ1) is 26.5. The van der Waals surface area contributed by atoms with E-state index in [9.17, 15) is 9.59 Å². The molecule has 3 aromatic rings. The van der Waals surface area contributed by atoms with E-state index in [4.69, 9.17) is 14.2 Å². The molecule has 0 aromatic heterocycles. The molecule has 7 nitrogen and oxygen atoms in total. The maximum Gasteiger partial charge on any atom is 0.337 e. The van der Waals surface area contributed by atoms with Gasteiger partial charge in [0.15, 0.2) is 16.7 Å². The minimum atomic E-state index is -0.417. The van der Waals surface area contributed by atoms with E-state index in [1.54, 1.807) is 44.5 Å². The Morgan fingerprint density at radius 2 is 1.78 bits per heavy atom. The zero-order chi connectivity index (χ0) is 26.5. The van der Waals surface area contributed by atoms with Crippen molar-refractivity contribution >= 4 is 56.5 Å². The molecule has 1 fully saturated rings. The molecule has 190 valence electrons. The Balaban J connectivity index is 1.54. The summed E-state index contributed by atoms with van der Waals surface area (Å²) >= 11 is 4.86. The second-order valence-electron chi connectivity index (χ2n) is 8.22. The molecule has 1 aliphatic rings. The summed E-state index contributed by atoms with van der Waals surface area (Å²) in [6.07, 6.45) is 1.80. The fourth-order valence-electron chi connectivity index (χ4n) is 3.51. The van der Waals surface area contributed by atoms with Gasteiger partial charge in [-0.3, -0.25) is 9.69 Å². The van der Waals surface area contributed by atoms with Crippen LogP contribution >= 0.6 is 27.7 Å². The smallest absolute Gasteiger partial charge is 0.337 e. The Hall–Kier alpha value is -3.56. The van der Waals surface area contributed by atoms with Crippen molar-refractivity contribution in [3.8, 4) is 11.5 Å². The molecule has 0 aliphatic carbocycles. The number of esters is 1. The largest absolute Gasteiger partial charge is 0.493 e. The van der Waals surface area contributed by atoms with Crippen LogP contribution in [-0.2, 0) is 16.1 Å². The van der Waals surface area contributed by atoms with Crippen LogP contribution < -0.4 is 9.47 Å². The molecule has 0 bridgehead atoms. The van der Waals surface area contributed by atoms with Gasteiger partial charge in [-0.1, -0.05) is 29.8 Å². The lowest BCUT2D eigenvalue weighted by Crippen LogP contribution is -2.23. The van der Waals surface area contributed by atoms with E-state index in [0.717, 1.165) is 11.1 Å². The minimum Gasteiger partial charge on any atom is -0.493 e. The highest BCUT2D eigenvalue weighted by Crippen LogP contribution is 2.39. The molecule has 3 aromatic carbocycles. The Morgan fingerprint density at radius 1 is 1.08 bits per heavy atom. The van der Waals surface area contributed by atoms with Crippen LogP contribution in [0.2, 0.25) is 0 Å². The van der Waals surface area contributed by atoms with Crippen LogP contribution in [0.3, 0.4) is 0 Å². The van der Waals surface area contributed by atoms with Gasteiger partial charge in [0.05, 0.1) is 34.8 Å². The molecule has 0 radical (unpaired) electrons. The molecule has 0 saturated carbocycles. The Bertz CT molecular complexity index is 1380. The van der Waals surface area contributed by atoms with E-state index in [-0.39, 0.29) is 5.91 Å². The molecule has 0 atom stereocenters. The molecule has 4 rings (SSSR count). The number of carbonyl (C=O) groups is 2. The standard InChI is InChI=1S/C28H25BrN2O5S/c1-17-5-7-18(8-6-17)16-36-25-22(29)13-19(14-23(25)34-3)15-24-26(32)31(2)28(37-24)30-21-11-9-20(10-12-21)27(33)35-4/h5-15H,16H2,1-4H3/b24-15-,30-28?. The topological polar surface area (TPSA) is 77.4 Å². The van der Waals surface area contributed by atoms with Gasteiger partial charge in [0.1, 0.15) is 6.61 Å². The number of rotatable bonds is 7. The average Bonchev–Trinajstić information content (AvgIpc) is 3.16. The quantitative estimate of drug-likeness (QED) is 0.239. The second kappa shape index (κ2) is 11.7. The third kappa shape index (κ3) is 6.23. The van der Waals surface area contributed by atoms with Crippen molar-refractivity contribution in [1.29, 1.82) is 0 Å². The monoisotopic (exact) mass is 580 g/mol. The molecule has 1 amide bonds. The summed E-state index contributed by atoms with van der Waals surface area (Å²) in [5, 5.41) is 0.533. The van der Waals surface area contributed by atoms with Gasteiger partial charge < -0.3 is 14.2 Å². The number of nitrogens with zero attached hydrogens (tertiary/aromatic N) is 2. The third-order valence-electron chi connectivity index (χ3n) is 5.57. The molecule has 0 unspecified atom stereocenters. The number of methoxy groups -OCH3 is 2. The molecule has 0 spiro atoms. The minimum absolute atomic E-state index is 0.162. The number of aliphatic imine (C=N–C) groups is 1. The molecule has 1 aliphatic heterocycles. The predicted octanol–water partition coefficient (Wildman–Crippen LogP) is 6.37. The maximum atomic E-state index is 12.9. The number of hydrogen-bond acceptors (Lipinski definition) is 7. The number of amides is 1. The van der Waals surface area contributed by atoms with Gasteiger partial charge in [-0.05, 0) is 88.2 Å². The SMILES string of the molecule is COC(=O)c1ccc(N=C2S/C(=C\c3cc(Br)c(OCc4ccc(C)cc4)c(OC)c3)C(=O)N2C)cc1. The van der Waals surface area contributed by atoms with Crippen LogP contribution in [-0.4, -0.2) is 43.2 Å². The highest BCUT2D eigenvalue weighted by Gasteiger charge is 2.30. The average molecular weight is 581 g/mol. The van der Waals surface area contributed by atoms with Gasteiger partial charge in [0.25, 0.3) is 5.91 Å². The molecule has 9 heteroatoms. The number of thioether (sulfide) groups is 1. The number of amidine groups is 1. The van der Waals surface area contributed by atoms with Gasteiger partial charge in [-0.25, -0.2) is 9.79 Å². The number of ether oxygens (including phenoxy) is 3. The van der Waals surface area contributed by atoms with Crippen LogP contribution in [0.4, 0.5) is 5.69 Å². The molecule has 1 heterocycles. The number of benzene rings is 3. The third-order valence-corrected chi connectivity index (χ3v) is 7.22. The molecular formula is C28H25BrN2O5S. The second-order valence-corrected chi connectivity index (χ2v) is 10.1. The maximum absolute atomic E-state index is 12.9. The summed E-state index contributed by atoms with van der Waals surface area (Å²) in [5.74, 6) is 0.562. The van der Waals surface area contributed by atoms with Crippen LogP contribution in [0.1, 0.15) is 27.0 Å². The van der Waals surface area contributed by atoms with Gasteiger partial charge in [-0.2, -0.15) is 0 Å². The van der Waals surface area contributed by atoms with Crippen molar-refractivity contribution in [2.45, 2.75) is 13.5 Å². The summed E-state index contributed by atoms with van der Waals surface area (Å²) in [6.45, 7) is 2.44. The lowest BCUT2D eigenvalue weighted by Gasteiger charge is -2.14. The van der Waals surface area contributed by atoms with Gasteiger partial charge >= 0.3 is 5.97 Å². The van der Waals surface area contributed by atoms with Gasteiger partial charge in [0, 0.05) is 7.05 Å².